The zero-order valence-electron chi connectivity index (χ0n) is 8.40. The molecule has 0 aromatic carbocycles. The van der Waals surface area contributed by atoms with Crippen molar-refractivity contribution in [3.05, 3.63) is 0 Å². The monoisotopic (exact) mass is 216 g/mol. The van der Waals surface area contributed by atoms with Gasteiger partial charge in [0.2, 0.25) is 0 Å². The number of hydrogen-bond acceptors (Lipinski definition) is 3. The molecule has 2 heterocycles. The van der Waals surface area contributed by atoms with Gasteiger partial charge in [0, 0.05) is 27.7 Å². The Hall–Kier alpha value is -0.380. The minimum Gasteiger partial charge on any atom is -0.469 e. The molecule has 2 unspecified atom stereocenters. The topological polar surface area (TPSA) is 43.4 Å². The second-order valence-corrected chi connectivity index (χ2v) is 6.26. The third-order valence-corrected chi connectivity index (χ3v) is 5.51. The number of esters is 1. The lowest BCUT2D eigenvalue weighted by molar-refractivity contribution is -0.141. The normalized spacial score (nSPS) is 40.9. The number of carbonyl (C=O) groups is 1. The van der Waals surface area contributed by atoms with Gasteiger partial charge in [-0.25, -0.2) is 0 Å². The predicted molar refractivity (Wildman–Crippen MR) is 54.3 cm³/mol. The van der Waals surface area contributed by atoms with Gasteiger partial charge in [0.1, 0.15) is 0 Å². The Bertz CT molecular complexity index is 248. The Kier molecular flexibility index (Phi) is 2.91. The highest BCUT2D eigenvalue weighted by Crippen LogP contribution is 2.39. The Morgan fingerprint density at radius 1 is 1.36 bits per heavy atom. The molecule has 0 saturated carbocycles. The quantitative estimate of drug-likeness (QED) is 0.652. The summed E-state index contributed by atoms with van der Waals surface area (Å²) in [5, 5.41) is 0.729. The summed E-state index contributed by atoms with van der Waals surface area (Å²) in [5.41, 5.74) is 0. The molecule has 2 bridgehead atoms. The van der Waals surface area contributed by atoms with Crippen molar-refractivity contribution in [2.45, 2.75) is 42.6 Å². The van der Waals surface area contributed by atoms with Crippen LogP contribution in [0.25, 0.3) is 0 Å². The lowest BCUT2D eigenvalue weighted by Crippen LogP contribution is -2.29. The Morgan fingerprint density at radius 2 is 1.93 bits per heavy atom. The summed E-state index contributed by atoms with van der Waals surface area (Å²) < 4.78 is 16.3. The standard InChI is InChI=1S/C10H16O3S/c1-13-10(11)6-7-4-8-2-3-9(5-7)14(8)12/h7-9H,2-6H2,1H3. The molecule has 2 fully saturated rings. The van der Waals surface area contributed by atoms with E-state index < -0.39 is 10.8 Å². The van der Waals surface area contributed by atoms with Crippen LogP contribution in [-0.4, -0.2) is 27.8 Å². The maximum Gasteiger partial charge on any atom is 0.305 e. The van der Waals surface area contributed by atoms with Crippen molar-refractivity contribution < 1.29 is 13.7 Å². The highest BCUT2D eigenvalue weighted by Gasteiger charge is 2.40. The first-order chi connectivity index (χ1) is 6.70. The summed E-state index contributed by atoms with van der Waals surface area (Å²) in [4.78, 5) is 11.1. The van der Waals surface area contributed by atoms with E-state index in [1.165, 1.54) is 7.11 Å². The van der Waals surface area contributed by atoms with Crippen molar-refractivity contribution >= 4 is 16.8 Å². The van der Waals surface area contributed by atoms with Crippen LogP contribution in [0.2, 0.25) is 0 Å². The third kappa shape index (κ3) is 1.85. The molecule has 3 nitrogen and oxygen atoms in total. The SMILES string of the molecule is COC(=O)CC1CC2CCC(C1)S2=O. The zero-order chi connectivity index (χ0) is 10.1. The highest BCUT2D eigenvalue weighted by molar-refractivity contribution is 7.86. The van der Waals surface area contributed by atoms with Crippen LogP contribution in [0, 0.1) is 5.92 Å². The van der Waals surface area contributed by atoms with Crippen LogP contribution in [0.3, 0.4) is 0 Å². The Labute approximate surface area is 86.7 Å². The summed E-state index contributed by atoms with van der Waals surface area (Å²) in [7, 11) is 0.820. The van der Waals surface area contributed by atoms with Gasteiger partial charge in [-0.2, -0.15) is 0 Å². The highest BCUT2D eigenvalue weighted by atomic mass is 32.2. The first kappa shape index (κ1) is 10.1. The molecule has 2 aliphatic rings. The smallest absolute Gasteiger partial charge is 0.305 e. The second-order valence-electron chi connectivity index (χ2n) is 4.27. The van der Waals surface area contributed by atoms with Crippen molar-refractivity contribution in [1.29, 1.82) is 0 Å². The van der Waals surface area contributed by atoms with Crippen molar-refractivity contribution in [1.82, 2.24) is 0 Å². The molecule has 0 spiro atoms. The number of carbonyl (C=O) groups excluding carboxylic acids is 1. The second kappa shape index (κ2) is 4.01. The number of methoxy groups -OCH3 is 1. The molecule has 0 aliphatic carbocycles. The van der Waals surface area contributed by atoms with E-state index in [0.29, 0.717) is 22.8 Å². The van der Waals surface area contributed by atoms with Gasteiger partial charge < -0.3 is 4.74 Å². The lowest BCUT2D eigenvalue weighted by atomic mass is 9.96. The van der Waals surface area contributed by atoms with E-state index >= 15 is 0 Å². The van der Waals surface area contributed by atoms with Gasteiger partial charge in [0.05, 0.1) is 7.11 Å². The fourth-order valence-electron chi connectivity index (χ4n) is 2.63. The average Bonchev–Trinajstić information content (AvgIpc) is 2.42. The van der Waals surface area contributed by atoms with E-state index in [1.54, 1.807) is 0 Å². The molecular weight excluding hydrogens is 200 g/mol. The maximum atomic E-state index is 11.7. The molecule has 0 amide bonds. The molecule has 80 valence electrons. The average molecular weight is 216 g/mol. The van der Waals surface area contributed by atoms with Crippen LogP contribution >= 0.6 is 0 Å². The number of hydrogen-bond donors (Lipinski definition) is 0. The molecule has 0 N–H and O–H groups in total. The van der Waals surface area contributed by atoms with Crippen molar-refractivity contribution in [3.8, 4) is 0 Å². The van der Waals surface area contributed by atoms with E-state index in [0.717, 1.165) is 25.7 Å². The van der Waals surface area contributed by atoms with Gasteiger partial charge >= 0.3 is 5.97 Å². The summed E-state index contributed by atoms with van der Waals surface area (Å²) in [6.07, 6.45) is 4.61. The van der Waals surface area contributed by atoms with Crippen LogP contribution in [0.15, 0.2) is 0 Å². The summed E-state index contributed by atoms with van der Waals surface area (Å²) in [6, 6.07) is 0. The number of ether oxygens (including phenoxy) is 1. The molecule has 0 aromatic rings. The number of rotatable bonds is 2. The zero-order valence-corrected chi connectivity index (χ0v) is 9.22. The van der Waals surface area contributed by atoms with Gasteiger partial charge in [0.15, 0.2) is 0 Å². The summed E-state index contributed by atoms with van der Waals surface area (Å²) >= 11 is 0. The molecule has 2 atom stereocenters. The van der Waals surface area contributed by atoms with Gasteiger partial charge in [-0.15, -0.1) is 0 Å². The van der Waals surface area contributed by atoms with Gasteiger partial charge in [0.25, 0.3) is 0 Å². The van der Waals surface area contributed by atoms with Gasteiger partial charge in [-0.3, -0.25) is 9.00 Å². The molecule has 2 rings (SSSR count). The van der Waals surface area contributed by atoms with Gasteiger partial charge in [-0.1, -0.05) is 0 Å². The van der Waals surface area contributed by atoms with Crippen LogP contribution < -0.4 is 0 Å². The van der Waals surface area contributed by atoms with Crippen LogP contribution in [0.5, 0.6) is 0 Å². The predicted octanol–water partition coefficient (Wildman–Crippen LogP) is 1.24. The first-order valence-electron chi connectivity index (χ1n) is 5.17. The molecule has 2 saturated heterocycles. The Balaban J connectivity index is 1.93. The summed E-state index contributed by atoms with van der Waals surface area (Å²) in [6.45, 7) is 0. The third-order valence-electron chi connectivity index (χ3n) is 3.34. The van der Waals surface area contributed by atoms with E-state index in [-0.39, 0.29) is 5.97 Å². The van der Waals surface area contributed by atoms with Crippen LogP contribution in [0.1, 0.15) is 32.1 Å². The van der Waals surface area contributed by atoms with Crippen LogP contribution in [-0.2, 0) is 20.3 Å². The molecule has 14 heavy (non-hydrogen) atoms. The van der Waals surface area contributed by atoms with Gasteiger partial charge in [-0.05, 0) is 31.6 Å². The van der Waals surface area contributed by atoms with Crippen LogP contribution in [0.4, 0.5) is 0 Å². The van der Waals surface area contributed by atoms with E-state index in [1.807, 2.05) is 0 Å². The number of fused-ring (bicyclic) bond motifs is 2. The molecule has 2 aliphatic heterocycles. The minimum atomic E-state index is -0.608. The largest absolute Gasteiger partial charge is 0.469 e. The van der Waals surface area contributed by atoms with E-state index in [9.17, 15) is 9.00 Å². The lowest BCUT2D eigenvalue weighted by Gasteiger charge is -2.26. The molecule has 0 aromatic heterocycles. The fraction of sp³-hybridized carbons (Fsp3) is 0.900. The maximum absolute atomic E-state index is 11.7. The molecule has 4 heteroatoms. The first-order valence-corrected chi connectivity index (χ1v) is 6.44. The van der Waals surface area contributed by atoms with E-state index in [2.05, 4.69) is 4.74 Å². The van der Waals surface area contributed by atoms with Crippen molar-refractivity contribution in [2.75, 3.05) is 7.11 Å². The fourth-order valence-corrected chi connectivity index (χ4v) is 4.83. The van der Waals surface area contributed by atoms with Crippen molar-refractivity contribution in [3.63, 3.8) is 0 Å². The molecule has 0 radical (unpaired) electrons. The molecular formula is C10H16O3S. The minimum absolute atomic E-state index is 0.123. The van der Waals surface area contributed by atoms with E-state index in [4.69, 9.17) is 0 Å². The Morgan fingerprint density at radius 3 is 2.43 bits per heavy atom. The summed E-state index contributed by atoms with van der Waals surface area (Å²) in [5.74, 6) is 0.291. The van der Waals surface area contributed by atoms with Crippen molar-refractivity contribution in [2.24, 2.45) is 5.92 Å².